The van der Waals surface area contributed by atoms with Gasteiger partial charge >= 0.3 is 0 Å². The van der Waals surface area contributed by atoms with Crippen molar-refractivity contribution >= 4 is 50.1 Å². The number of thioether (sulfide) groups is 1. The van der Waals surface area contributed by atoms with Gasteiger partial charge in [0.05, 0.1) is 0 Å². The monoisotopic (exact) mass is 401 g/mol. The number of carbonyl (C=O) groups excluding carboxylic acids is 1. The maximum Gasteiger partial charge on any atom is 0.264 e. The molecule has 0 bridgehead atoms. The van der Waals surface area contributed by atoms with Crippen molar-refractivity contribution in [1.29, 1.82) is 0 Å². The fourth-order valence-electron chi connectivity index (χ4n) is 1.71. The average Bonchev–Trinajstić information content (AvgIpc) is 2.93. The molecule has 1 amide bonds. The van der Waals surface area contributed by atoms with Crippen molar-refractivity contribution in [2.75, 3.05) is 17.7 Å². The maximum atomic E-state index is 11.9. The highest BCUT2D eigenvalue weighted by atomic mass is 79.9. The lowest BCUT2D eigenvalue weighted by molar-refractivity contribution is -0.118. The van der Waals surface area contributed by atoms with Gasteiger partial charge < -0.3 is 4.74 Å². The predicted molar refractivity (Wildman–Crippen MR) is 94.0 cm³/mol. The van der Waals surface area contributed by atoms with Gasteiger partial charge in [0.1, 0.15) is 5.75 Å². The van der Waals surface area contributed by atoms with Crippen LogP contribution < -0.4 is 10.1 Å². The molecule has 1 aromatic carbocycles. The van der Waals surface area contributed by atoms with Crippen LogP contribution in [0, 0.1) is 0 Å². The standard InChI is InChI=1S/C14H16BrN3O2S2/c1-3-9-7-10(15)5-6-11(9)20-8-12(19)16-13-17-18-14(22-13)21-4-2/h5-7H,3-4,8H2,1-2H3,(H,16,17,19). The smallest absolute Gasteiger partial charge is 0.264 e. The molecule has 0 aliphatic heterocycles. The summed E-state index contributed by atoms with van der Waals surface area (Å²) in [5, 5.41) is 11.1. The van der Waals surface area contributed by atoms with Crippen LogP contribution in [0.3, 0.4) is 0 Å². The number of hydrogen-bond acceptors (Lipinski definition) is 6. The lowest BCUT2D eigenvalue weighted by Crippen LogP contribution is -2.20. The first-order valence-corrected chi connectivity index (χ1v) is 9.39. The van der Waals surface area contributed by atoms with E-state index in [1.165, 1.54) is 11.3 Å². The van der Waals surface area contributed by atoms with Gasteiger partial charge in [0, 0.05) is 4.47 Å². The number of aryl methyl sites for hydroxylation is 1. The first-order chi connectivity index (χ1) is 10.6. The zero-order valence-electron chi connectivity index (χ0n) is 12.3. The lowest BCUT2D eigenvalue weighted by Gasteiger charge is -2.10. The Morgan fingerprint density at radius 2 is 2.23 bits per heavy atom. The van der Waals surface area contributed by atoms with E-state index in [1.807, 2.05) is 32.0 Å². The zero-order valence-corrected chi connectivity index (χ0v) is 15.5. The molecule has 2 rings (SSSR count). The van der Waals surface area contributed by atoms with Crippen LogP contribution in [0.15, 0.2) is 27.0 Å². The third-order valence-electron chi connectivity index (χ3n) is 2.68. The summed E-state index contributed by atoms with van der Waals surface area (Å²) in [5.74, 6) is 1.41. The summed E-state index contributed by atoms with van der Waals surface area (Å²) in [4.78, 5) is 11.9. The summed E-state index contributed by atoms with van der Waals surface area (Å²) >= 11 is 6.39. The summed E-state index contributed by atoms with van der Waals surface area (Å²) in [6.45, 7) is 4.04. The number of benzene rings is 1. The molecule has 0 aliphatic rings. The Kier molecular flexibility index (Phi) is 6.66. The van der Waals surface area contributed by atoms with Crippen LogP contribution in [0.2, 0.25) is 0 Å². The van der Waals surface area contributed by atoms with Gasteiger partial charge in [-0.2, -0.15) is 0 Å². The van der Waals surface area contributed by atoms with Crippen molar-refractivity contribution in [3.05, 3.63) is 28.2 Å². The summed E-state index contributed by atoms with van der Waals surface area (Å²) < 4.78 is 7.43. The van der Waals surface area contributed by atoms with Crippen LogP contribution in [-0.4, -0.2) is 28.5 Å². The highest BCUT2D eigenvalue weighted by molar-refractivity contribution is 9.10. The minimum absolute atomic E-state index is 0.0511. The van der Waals surface area contributed by atoms with Gasteiger partial charge in [-0.3, -0.25) is 10.1 Å². The Labute approximate surface area is 146 Å². The zero-order chi connectivity index (χ0) is 15.9. The van der Waals surface area contributed by atoms with Crippen molar-refractivity contribution in [2.45, 2.75) is 24.6 Å². The number of nitrogens with one attached hydrogen (secondary N) is 1. The molecule has 0 atom stereocenters. The Morgan fingerprint density at radius 3 is 2.95 bits per heavy atom. The van der Waals surface area contributed by atoms with Crippen LogP contribution in [-0.2, 0) is 11.2 Å². The van der Waals surface area contributed by atoms with Gasteiger partial charge in [-0.1, -0.05) is 52.9 Å². The van der Waals surface area contributed by atoms with E-state index in [-0.39, 0.29) is 12.5 Å². The van der Waals surface area contributed by atoms with Gasteiger partial charge in [0.15, 0.2) is 10.9 Å². The normalized spacial score (nSPS) is 10.5. The van der Waals surface area contributed by atoms with Crippen molar-refractivity contribution in [3.8, 4) is 5.75 Å². The van der Waals surface area contributed by atoms with Crippen molar-refractivity contribution in [2.24, 2.45) is 0 Å². The molecule has 5 nitrogen and oxygen atoms in total. The molecule has 2 aromatic rings. The number of amides is 1. The summed E-state index contributed by atoms with van der Waals surface area (Å²) in [7, 11) is 0. The number of hydrogen-bond donors (Lipinski definition) is 1. The van der Waals surface area contributed by atoms with E-state index >= 15 is 0 Å². The first-order valence-electron chi connectivity index (χ1n) is 6.79. The van der Waals surface area contributed by atoms with E-state index in [2.05, 4.69) is 31.4 Å². The van der Waals surface area contributed by atoms with Gasteiger partial charge in [0.25, 0.3) is 5.91 Å². The SMILES string of the molecule is CCSc1nnc(NC(=O)COc2ccc(Br)cc2CC)s1. The Balaban J connectivity index is 1.89. The van der Waals surface area contributed by atoms with E-state index in [0.29, 0.717) is 5.13 Å². The highest BCUT2D eigenvalue weighted by Gasteiger charge is 2.10. The van der Waals surface area contributed by atoms with Gasteiger partial charge in [-0.05, 0) is 35.9 Å². The quantitative estimate of drug-likeness (QED) is 0.561. The third kappa shape index (κ3) is 4.96. The van der Waals surface area contributed by atoms with E-state index in [4.69, 9.17) is 4.74 Å². The largest absolute Gasteiger partial charge is 0.483 e. The Morgan fingerprint density at radius 1 is 1.41 bits per heavy atom. The second-order valence-corrected chi connectivity index (χ2v) is 7.65. The molecule has 8 heteroatoms. The minimum Gasteiger partial charge on any atom is -0.483 e. The molecular weight excluding hydrogens is 386 g/mol. The van der Waals surface area contributed by atoms with Crippen molar-refractivity contribution < 1.29 is 9.53 Å². The topological polar surface area (TPSA) is 64.1 Å². The van der Waals surface area contributed by atoms with Crippen LogP contribution >= 0.6 is 39.0 Å². The molecule has 0 unspecified atom stereocenters. The van der Waals surface area contributed by atoms with Crippen LogP contribution in [0.4, 0.5) is 5.13 Å². The highest BCUT2D eigenvalue weighted by Crippen LogP contribution is 2.25. The van der Waals surface area contributed by atoms with Gasteiger partial charge in [-0.25, -0.2) is 0 Å². The number of aromatic nitrogens is 2. The lowest BCUT2D eigenvalue weighted by atomic mass is 10.1. The predicted octanol–water partition coefficient (Wildman–Crippen LogP) is 3.99. The third-order valence-corrected chi connectivity index (χ3v) is 5.03. The second-order valence-electron chi connectivity index (χ2n) is 4.25. The van der Waals surface area contributed by atoms with Crippen LogP contribution in [0.25, 0.3) is 0 Å². The van der Waals surface area contributed by atoms with Crippen molar-refractivity contribution in [3.63, 3.8) is 0 Å². The summed E-state index contributed by atoms with van der Waals surface area (Å²) in [6, 6.07) is 5.74. The van der Waals surface area contributed by atoms with Crippen molar-refractivity contribution in [1.82, 2.24) is 10.2 Å². The molecule has 0 saturated carbocycles. The number of ether oxygens (including phenoxy) is 1. The molecule has 1 N–H and O–H groups in total. The molecular formula is C14H16BrN3O2S2. The fourth-order valence-corrected chi connectivity index (χ4v) is 3.78. The first kappa shape index (κ1) is 17.2. The molecule has 0 aliphatic carbocycles. The molecule has 1 heterocycles. The van der Waals surface area contributed by atoms with Crippen LogP contribution in [0.5, 0.6) is 5.75 Å². The summed E-state index contributed by atoms with van der Waals surface area (Å²) in [5.41, 5.74) is 1.06. The van der Waals surface area contributed by atoms with E-state index < -0.39 is 0 Å². The number of rotatable bonds is 7. The molecule has 0 saturated heterocycles. The number of halogens is 1. The molecule has 118 valence electrons. The molecule has 0 spiro atoms. The fraction of sp³-hybridized carbons (Fsp3) is 0.357. The van der Waals surface area contributed by atoms with Gasteiger partial charge in [-0.15, -0.1) is 10.2 Å². The molecule has 0 radical (unpaired) electrons. The second kappa shape index (κ2) is 8.50. The minimum atomic E-state index is -0.242. The van der Waals surface area contributed by atoms with Crippen LogP contribution in [0.1, 0.15) is 19.4 Å². The molecule has 1 aromatic heterocycles. The van der Waals surface area contributed by atoms with E-state index in [1.54, 1.807) is 11.8 Å². The number of carbonyl (C=O) groups is 1. The molecule has 0 fully saturated rings. The number of anilines is 1. The van der Waals surface area contributed by atoms with E-state index in [9.17, 15) is 4.79 Å². The van der Waals surface area contributed by atoms with Gasteiger partial charge in [0.2, 0.25) is 5.13 Å². The van der Waals surface area contributed by atoms with E-state index in [0.717, 1.165) is 32.3 Å². The maximum absolute atomic E-state index is 11.9. The Bertz CT molecular complexity index is 649. The summed E-state index contributed by atoms with van der Waals surface area (Å²) in [6.07, 6.45) is 0.838. The average molecular weight is 402 g/mol. The molecule has 22 heavy (non-hydrogen) atoms. The number of nitrogens with zero attached hydrogens (tertiary/aromatic N) is 2. The Hall–Kier alpha value is -1.12.